The van der Waals surface area contributed by atoms with Crippen LogP contribution in [-0.4, -0.2) is 62.5 Å². The molecule has 4 heteroatoms. The molecule has 0 spiro atoms. The molecular weight excluding hydrogens is 358 g/mol. The first-order valence-electron chi connectivity index (χ1n) is 10.8. The van der Waals surface area contributed by atoms with Crippen molar-refractivity contribution in [3.63, 3.8) is 0 Å². The molecule has 0 saturated carbocycles. The van der Waals surface area contributed by atoms with Gasteiger partial charge in [-0.05, 0) is 51.5 Å². The van der Waals surface area contributed by atoms with Crippen molar-refractivity contribution < 1.29 is 4.79 Å². The lowest BCUT2D eigenvalue weighted by atomic mass is 9.88. The first kappa shape index (κ1) is 21.5. The molecule has 3 rings (SSSR count). The molecule has 1 aliphatic heterocycles. The zero-order valence-electron chi connectivity index (χ0n) is 18.1. The number of nitrogens with zero attached hydrogens (tertiary/aromatic N) is 2. The third-order valence-electron chi connectivity index (χ3n) is 6.14. The van der Waals surface area contributed by atoms with E-state index in [1.165, 1.54) is 11.1 Å². The van der Waals surface area contributed by atoms with Crippen molar-refractivity contribution in [1.29, 1.82) is 0 Å². The van der Waals surface area contributed by atoms with Gasteiger partial charge < -0.3 is 15.1 Å². The van der Waals surface area contributed by atoms with E-state index < -0.39 is 0 Å². The fourth-order valence-corrected chi connectivity index (χ4v) is 4.40. The predicted molar refractivity (Wildman–Crippen MR) is 120 cm³/mol. The molecule has 1 aliphatic rings. The highest BCUT2D eigenvalue weighted by Gasteiger charge is 2.27. The molecule has 2 aromatic carbocycles. The maximum Gasteiger partial charge on any atom is 0.224 e. The lowest BCUT2D eigenvalue weighted by Crippen LogP contribution is -2.39. The maximum absolute atomic E-state index is 12.9. The van der Waals surface area contributed by atoms with Crippen LogP contribution in [0.4, 0.5) is 0 Å². The molecule has 0 unspecified atom stereocenters. The smallest absolute Gasteiger partial charge is 0.224 e. The average Bonchev–Trinajstić information content (AvgIpc) is 2.94. The molecule has 1 amide bonds. The number of benzene rings is 2. The first-order chi connectivity index (χ1) is 14.0. The predicted octanol–water partition coefficient (Wildman–Crippen LogP) is 3.60. The Morgan fingerprint density at radius 3 is 2.14 bits per heavy atom. The Balaban J connectivity index is 1.59. The monoisotopic (exact) mass is 393 g/mol. The zero-order chi connectivity index (χ0) is 20.6. The third-order valence-corrected chi connectivity index (χ3v) is 6.14. The van der Waals surface area contributed by atoms with Gasteiger partial charge in [-0.3, -0.25) is 4.79 Å². The molecule has 4 nitrogen and oxygen atoms in total. The molecule has 156 valence electrons. The molecule has 0 bridgehead atoms. The number of rotatable bonds is 7. The molecule has 0 aliphatic carbocycles. The van der Waals surface area contributed by atoms with Crippen LogP contribution in [0.25, 0.3) is 0 Å². The molecule has 1 N–H and O–H groups in total. The van der Waals surface area contributed by atoms with E-state index in [0.29, 0.717) is 18.5 Å². The number of hydrogen-bond acceptors (Lipinski definition) is 3. The number of amides is 1. The van der Waals surface area contributed by atoms with Crippen molar-refractivity contribution in [3.05, 3.63) is 71.8 Å². The molecule has 1 fully saturated rings. The van der Waals surface area contributed by atoms with Gasteiger partial charge in [0.1, 0.15) is 0 Å². The maximum atomic E-state index is 12.9. The van der Waals surface area contributed by atoms with Crippen LogP contribution in [0, 0.1) is 5.92 Å². The minimum Gasteiger partial charge on any atom is -0.356 e. The van der Waals surface area contributed by atoms with Gasteiger partial charge in [-0.1, -0.05) is 60.7 Å². The molecule has 2 aromatic rings. The molecule has 0 aromatic heterocycles. The molecule has 29 heavy (non-hydrogen) atoms. The Labute approximate surface area is 175 Å². The van der Waals surface area contributed by atoms with Gasteiger partial charge >= 0.3 is 0 Å². The second-order valence-electron chi connectivity index (χ2n) is 8.57. The van der Waals surface area contributed by atoms with Crippen molar-refractivity contribution >= 4 is 5.91 Å². The van der Waals surface area contributed by atoms with Gasteiger partial charge in [0, 0.05) is 31.6 Å². The van der Waals surface area contributed by atoms with E-state index in [2.05, 4.69) is 96.9 Å². The second kappa shape index (κ2) is 10.6. The normalized spacial score (nSPS) is 20.6. The Morgan fingerprint density at radius 2 is 1.59 bits per heavy atom. The highest BCUT2D eigenvalue weighted by atomic mass is 16.1. The summed E-state index contributed by atoms with van der Waals surface area (Å²) in [6, 6.07) is 21.7. The van der Waals surface area contributed by atoms with Crippen LogP contribution < -0.4 is 5.32 Å². The topological polar surface area (TPSA) is 35.6 Å². The van der Waals surface area contributed by atoms with Crippen molar-refractivity contribution in [2.45, 2.75) is 31.2 Å². The minimum absolute atomic E-state index is 0.0804. The summed E-state index contributed by atoms with van der Waals surface area (Å²) in [4.78, 5) is 17.5. The van der Waals surface area contributed by atoms with Crippen LogP contribution in [0.2, 0.25) is 0 Å². The van der Waals surface area contributed by atoms with Crippen LogP contribution in [0.1, 0.15) is 36.3 Å². The van der Waals surface area contributed by atoms with Crippen LogP contribution in [0.15, 0.2) is 60.7 Å². The van der Waals surface area contributed by atoms with E-state index in [4.69, 9.17) is 0 Å². The van der Waals surface area contributed by atoms with Gasteiger partial charge in [0.05, 0.1) is 5.92 Å². The van der Waals surface area contributed by atoms with E-state index >= 15 is 0 Å². The number of carbonyl (C=O) groups excluding carboxylic acids is 1. The summed E-state index contributed by atoms with van der Waals surface area (Å²) in [5.74, 6) is 0.584. The second-order valence-corrected chi connectivity index (χ2v) is 8.57. The summed E-state index contributed by atoms with van der Waals surface area (Å²) in [5, 5.41) is 3.24. The van der Waals surface area contributed by atoms with Gasteiger partial charge in [0.25, 0.3) is 0 Å². The fourth-order valence-electron chi connectivity index (χ4n) is 4.40. The Bertz CT molecular complexity index is 708. The number of likely N-dealkylation sites (tertiary alicyclic amines) is 1. The summed E-state index contributed by atoms with van der Waals surface area (Å²) in [5.41, 5.74) is 2.60. The van der Waals surface area contributed by atoms with E-state index in [-0.39, 0.29) is 11.8 Å². The van der Waals surface area contributed by atoms with Crippen molar-refractivity contribution in [1.82, 2.24) is 15.1 Å². The average molecular weight is 394 g/mol. The quantitative estimate of drug-likeness (QED) is 0.781. The Kier molecular flexibility index (Phi) is 7.84. The van der Waals surface area contributed by atoms with Crippen LogP contribution in [0.5, 0.6) is 0 Å². The third kappa shape index (κ3) is 6.15. The van der Waals surface area contributed by atoms with E-state index in [1.54, 1.807) is 0 Å². The standard InChI is InChI=1S/C25H35N3O/c1-27(2)23-15-14-22(18-28(3)19-23)25(29)26-17-16-24(20-10-6-4-7-11-20)21-12-8-5-9-13-21/h4-13,22-24H,14-19H2,1-3H3,(H,26,29)/t22-,23+/m1/s1. The fraction of sp³-hybridized carbons (Fsp3) is 0.480. The lowest BCUT2D eigenvalue weighted by Gasteiger charge is -2.25. The SMILES string of the molecule is CN1C[C@H](C(=O)NCCC(c2ccccc2)c2ccccc2)CC[C@H](N(C)C)C1. The summed E-state index contributed by atoms with van der Waals surface area (Å²) >= 11 is 0. The lowest BCUT2D eigenvalue weighted by molar-refractivity contribution is -0.125. The number of hydrogen-bond donors (Lipinski definition) is 1. The van der Waals surface area contributed by atoms with Gasteiger partial charge in [-0.25, -0.2) is 0 Å². The van der Waals surface area contributed by atoms with E-state index in [9.17, 15) is 4.79 Å². The number of nitrogens with one attached hydrogen (secondary N) is 1. The Morgan fingerprint density at radius 1 is 1.00 bits per heavy atom. The number of likely N-dealkylation sites (N-methyl/N-ethyl adjacent to an activating group) is 2. The largest absolute Gasteiger partial charge is 0.356 e. The van der Waals surface area contributed by atoms with E-state index in [1.807, 2.05) is 0 Å². The summed E-state index contributed by atoms with van der Waals surface area (Å²) in [6.45, 7) is 2.57. The van der Waals surface area contributed by atoms with Crippen molar-refractivity contribution in [2.75, 3.05) is 40.8 Å². The summed E-state index contributed by atoms with van der Waals surface area (Å²) in [6.07, 6.45) is 2.94. The zero-order valence-corrected chi connectivity index (χ0v) is 18.1. The van der Waals surface area contributed by atoms with Crippen LogP contribution in [0.3, 0.4) is 0 Å². The van der Waals surface area contributed by atoms with Crippen molar-refractivity contribution in [2.24, 2.45) is 5.92 Å². The van der Waals surface area contributed by atoms with Crippen LogP contribution >= 0.6 is 0 Å². The minimum atomic E-state index is 0.0804. The van der Waals surface area contributed by atoms with E-state index in [0.717, 1.165) is 32.4 Å². The first-order valence-corrected chi connectivity index (χ1v) is 10.8. The number of carbonyl (C=O) groups is 1. The van der Waals surface area contributed by atoms with Gasteiger partial charge in [-0.2, -0.15) is 0 Å². The van der Waals surface area contributed by atoms with Crippen molar-refractivity contribution in [3.8, 4) is 0 Å². The molecule has 0 radical (unpaired) electrons. The summed E-state index contributed by atoms with van der Waals surface area (Å²) in [7, 11) is 6.39. The van der Waals surface area contributed by atoms with Gasteiger partial charge in [0.15, 0.2) is 0 Å². The van der Waals surface area contributed by atoms with Gasteiger partial charge in [-0.15, -0.1) is 0 Å². The molecule has 2 atom stereocenters. The highest BCUT2D eigenvalue weighted by molar-refractivity contribution is 5.78. The molecule has 1 saturated heterocycles. The highest BCUT2D eigenvalue weighted by Crippen LogP contribution is 2.27. The van der Waals surface area contributed by atoms with Gasteiger partial charge in [0.2, 0.25) is 5.91 Å². The molecule has 1 heterocycles. The van der Waals surface area contributed by atoms with Crippen LogP contribution in [-0.2, 0) is 4.79 Å². The molecular formula is C25H35N3O. The Hall–Kier alpha value is -2.17. The summed E-state index contributed by atoms with van der Waals surface area (Å²) < 4.78 is 0.